The maximum Gasteiger partial charge on any atom is 0.204 e. The number of benzene rings is 2. The van der Waals surface area contributed by atoms with Gasteiger partial charge in [0.2, 0.25) is 17.4 Å². The van der Waals surface area contributed by atoms with Crippen LogP contribution < -0.4 is 16.2 Å². The molecule has 0 aliphatic rings. The molecule has 0 bridgehead atoms. The van der Waals surface area contributed by atoms with E-state index in [9.17, 15) is 17.6 Å². The Hall–Kier alpha value is -2.44. The minimum atomic E-state index is -1.64. The van der Waals surface area contributed by atoms with Crippen LogP contribution in [0.25, 0.3) is 0 Å². The van der Waals surface area contributed by atoms with Crippen molar-refractivity contribution in [3.63, 3.8) is 0 Å². The Bertz CT molecular complexity index is 620. The fourth-order valence-electron chi connectivity index (χ4n) is 1.41. The van der Waals surface area contributed by atoms with Crippen molar-refractivity contribution in [3.8, 4) is 11.5 Å². The van der Waals surface area contributed by atoms with E-state index in [-0.39, 0.29) is 17.5 Å². The number of nitrogen functional groups attached to an aromatic ring is 2. The molecule has 2 aromatic carbocycles. The highest BCUT2D eigenvalue weighted by molar-refractivity contribution is 5.61. The first-order chi connectivity index (χ1) is 8.90. The fourth-order valence-corrected chi connectivity index (χ4v) is 1.41. The van der Waals surface area contributed by atoms with Crippen LogP contribution in [0.5, 0.6) is 11.5 Å². The molecule has 0 aliphatic carbocycles. The van der Waals surface area contributed by atoms with E-state index in [1.807, 2.05) is 0 Å². The molecule has 0 amide bonds. The van der Waals surface area contributed by atoms with E-state index in [1.54, 1.807) is 0 Å². The number of nitrogens with two attached hydrogens (primary N) is 2. The third kappa shape index (κ3) is 2.40. The summed E-state index contributed by atoms with van der Waals surface area (Å²) in [7, 11) is 0. The van der Waals surface area contributed by atoms with Crippen LogP contribution in [0, 0.1) is 23.3 Å². The molecule has 4 N–H and O–H groups in total. The molecule has 0 saturated heterocycles. The lowest BCUT2D eigenvalue weighted by Gasteiger charge is -2.11. The van der Waals surface area contributed by atoms with Crippen LogP contribution in [0.2, 0.25) is 0 Å². The van der Waals surface area contributed by atoms with Crippen LogP contribution >= 0.6 is 0 Å². The van der Waals surface area contributed by atoms with Crippen molar-refractivity contribution in [2.45, 2.75) is 0 Å². The van der Waals surface area contributed by atoms with Gasteiger partial charge in [0.15, 0.2) is 17.4 Å². The van der Waals surface area contributed by atoms with Crippen LogP contribution in [0.15, 0.2) is 24.3 Å². The van der Waals surface area contributed by atoms with E-state index < -0.39 is 29.0 Å². The molecule has 0 aromatic heterocycles. The number of hydrogen-bond donors (Lipinski definition) is 2. The minimum absolute atomic E-state index is 0.0246. The molecule has 0 fully saturated rings. The third-order valence-corrected chi connectivity index (χ3v) is 2.32. The van der Waals surface area contributed by atoms with Gasteiger partial charge in [-0.3, -0.25) is 0 Å². The van der Waals surface area contributed by atoms with Gasteiger partial charge in [0.1, 0.15) is 0 Å². The van der Waals surface area contributed by atoms with Gasteiger partial charge in [-0.2, -0.15) is 8.78 Å². The Labute approximate surface area is 105 Å². The highest BCUT2D eigenvalue weighted by Gasteiger charge is 2.21. The normalized spacial score (nSPS) is 10.5. The van der Waals surface area contributed by atoms with Crippen LogP contribution in [0.1, 0.15) is 0 Å². The lowest BCUT2D eigenvalue weighted by atomic mass is 10.2. The zero-order valence-electron chi connectivity index (χ0n) is 9.38. The Morgan fingerprint density at radius 2 is 1.42 bits per heavy atom. The van der Waals surface area contributed by atoms with Gasteiger partial charge in [0.05, 0.1) is 5.69 Å². The van der Waals surface area contributed by atoms with Gasteiger partial charge in [-0.05, 0) is 18.2 Å². The van der Waals surface area contributed by atoms with Crippen molar-refractivity contribution < 1.29 is 22.3 Å². The predicted molar refractivity (Wildman–Crippen MR) is 61.6 cm³/mol. The van der Waals surface area contributed by atoms with E-state index in [1.165, 1.54) is 18.2 Å². The van der Waals surface area contributed by atoms with Crippen molar-refractivity contribution in [1.82, 2.24) is 0 Å². The average molecular weight is 272 g/mol. The van der Waals surface area contributed by atoms with Crippen molar-refractivity contribution in [2.75, 3.05) is 11.5 Å². The van der Waals surface area contributed by atoms with Gasteiger partial charge in [0, 0.05) is 11.8 Å². The summed E-state index contributed by atoms with van der Waals surface area (Å²) in [5.74, 6) is -7.79. The molecule has 3 nitrogen and oxygen atoms in total. The second-order valence-electron chi connectivity index (χ2n) is 3.70. The molecule has 0 aliphatic heterocycles. The van der Waals surface area contributed by atoms with Crippen LogP contribution in [0.4, 0.5) is 28.9 Å². The van der Waals surface area contributed by atoms with Crippen molar-refractivity contribution in [1.29, 1.82) is 0 Å². The first-order valence-corrected chi connectivity index (χ1v) is 5.06. The Balaban J connectivity index is 2.49. The summed E-state index contributed by atoms with van der Waals surface area (Å²) in [5, 5.41) is 0. The molecule has 7 heteroatoms. The summed E-state index contributed by atoms with van der Waals surface area (Å²) in [5.41, 5.74) is 11.2. The molecule has 0 radical (unpaired) electrons. The lowest BCUT2D eigenvalue weighted by molar-refractivity contribution is 0.367. The van der Waals surface area contributed by atoms with E-state index in [0.29, 0.717) is 5.69 Å². The van der Waals surface area contributed by atoms with Gasteiger partial charge < -0.3 is 16.2 Å². The molecule has 0 spiro atoms. The van der Waals surface area contributed by atoms with E-state index >= 15 is 0 Å². The Kier molecular flexibility index (Phi) is 3.20. The van der Waals surface area contributed by atoms with Gasteiger partial charge in [0.25, 0.3) is 0 Å². The van der Waals surface area contributed by atoms with Crippen molar-refractivity contribution in [3.05, 3.63) is 47.5 Å². The SMILES string of the molecule is Nc1ccc(Oc2c(F)c(F)cc(F)c2F)c(N)c1. The zero-order chi connectivity index (χ0) is 14.2. The number of hydrogen-bond acceptors (Lipinski definition) is 3. The smallest absolute Gasteiger partial charge is 0.204 e. The second kappa shape index (κ2) is 4.68. The molecule has 0 heterocycles. The summed E-state index contributed by atoms with van der Waals surface area (Å²) in [4.78, 5) is 0. The molecular weight excluding hydrogens is 264 g/mol. The average Bonchev–Trinajstić information content (AvgIpc) is 2.34. The standard InChI is InChI=1S/C12H8F4N2O/c13-6-4-7(14)11(16)12(10(6)15)19-9-2-1-5(17)3-8(9)18/h1-4H,17-18H2. The molecule has 0 atom stereocenters. The number of anilines is 2. The van der Waals surface area contributed by atoms with E-state index in [4.69, 9.17) is 16.2 Å². The molecule has 2 rings (SSSR count). The molecule has 0 unspecified atom stereocenters. The Morgan fingerprint density at radius 1 is 0.842 bits per heavy atom. The lowest BCUT2D eigenvalue weighted by Crippen LogP contribution is -2.01. The number of halogens is 4. The highest BCUT2D eigenvalue weighted by atomic mass is 19.2. The summed E-state index contributed by atoms with van der Waals surface area (Å²) in [6, 6.07) is 3.95. The van der Waals surface area contributed by atoms with E-state index in [0.717, 1.165) is 0 Å². The van der Waals surface area contributed by atoms with Gasteiger partial charge in [-0.1, -0.05) is 0 Å². The van der Waals surface area contributed by atoms with Crippen molar-refractivity contribution >= 4 is 11.4 Å². The highest BCUT2D eigenvalue weighted by Crippen LogP contribution is 2.34. The summed E-state index contributed by atoms with van der Waals surface area (Å²) < 4.78 is 57.5. The summed E-state index contributed by atoms with van der Waals surface area (Å²) in [6.07, 6.45) is 0. The second-order valence-corrected chi connectivity index (χ2v) is 3.70. The molecular formula is C12H8F4N2O. The summed E-state index contributed by atoms with van der Waals surface area (Å²) >= 11 is 0. The number of rotatable bonds is 2. The maximum absolute atomic E-state index is 13.4. The van der Waals surface area contributed by atoms with E-state index in [2.05, 4.69) is 0 Å². The largest absolute Gasteiger partial charge is 0.449 e. The first-order valence-electron chi connectivity index (χ1n) is 5.06. The van der Waals surface area contributed by atoms with Crippen LogP contribution in [0.3, 0.4) is 0 Å². The van der Waals surface area contributed by atoms with Gasteiger partial charge in [-0.25, -0.2) is 8.78 Å². The molecule has 100 valence electrons. The predicted octanol–water partition coefficient (Wildman–Crippen LogP) is 3.20. The van der Waals surface area contributed by atoms with Gasteiger partial charge in [-0.15, -0.1) is 0 Å². The monoisotopic (exact) mass is 272 g/mol. The third-order valence-electron chi connectivity index (χ3n) is 2.32. The topological polar surface area (TPSA) is 61.3 Å². The van der Waals surface area contributed by atoms with Crippen molar-refractivity contribution in [2.24, 2.45) is 0 Å². The quantitative estimate of drug-likeness (QED) is 0.501. The van der Waals surface area contributed by atoms with Crippen LogP contribution in [-0.2, 0) is 0 Å². The Morgan fingerprint density at radius 3 is 1.95 bits per heavy atom. The summed E-state index contributed by atoms with van der Waals surface area (Å²) in [6.45, 7) is 0. The first kappa shape index (κ1) is 13.0. The molecule has 19 heavy (non-hydrogen) atoms. The molecule has 0 saturated carbocycles. The molecule has 2 aromatic rings. The fraction of sp³-hybridized carbons (Fsp3) is 0. The van der Waals surface area contributed by atoms with Crippen LogP contribution in [-0.4, -0.2) is 0 Å². The minimum Gasteiger partial charge on any atom is -0.449 e. The zero-order valence-corrected chi connectivity index (χ0v) is 9.38. The van der Waals surface area contributed by atoms with Gasteiger partial charge >= 0.3 is 0 Å². The number of ether oxygens (including phenoxy) is 1. The maximum atomic E-state index is 13.4.